The highest BCUT2D eigenvalue weighted by Gasteiger charge is 2.09. The average Bonchev–Trinajstić information content (AvgIpc) is 2.29. The maximum atomic E-state index is 13.1. The zero-order chi connectivity index (χ0) is 13.6. The van der Waals surface area contributed by atoms with Crippen molar-refractivity contribution in [2.75, 3.05) is 19.4 Å². The van der Waals surface area contributed by atoms with Gasteiger partial charge in [0.1, 0.15) is 11.6 Å². The topological polar surface area (TPSA) is 55.4 Å². The summed E-state index contributed by atoms with van der Waals surface area (Å²) < 4.78 is 43.5. The fourth-order valence-electron chi connectivity index (χ4n) is 1.62. The van der Waals surface area contributed by atoms with Crippen LogP contribution in [0.5, 0.6) is 5.75 Å². The molecule has 0 saturated carbocycles. The Morgan fingerprint density at radius 2 is 2.11 bits per heavy atom. The molecule has 0 aliphatic rings. The molecule has 1 aromatic carbocycles. The first kappa shape index (κ1) is 14.9. The van der Waals surface area contributed by atoms with Gasteiger partial charge in [-0.25, -0.2) is 17.5 Å². The molecule has 6 heteroatoms. The summed E-state index contributed by atoms with van der Waals surface area (Å²) in [4.78, 5) is 0. The second-order valence-corrected chi connectivity index (χ2v) is 5.85. The number of rotatable bonds is 7. The highest BCUT2D eigenvalue weighted by Crippen LogP contribution is 2.19. The van der Waals surface area contributed by atoms with Crippen LogP contribution in [0.25, 0.3) is 0 Å². The molecule has 0 atom stereocenters. The van der Waals surface area contributed by atoms with E-state index in [9.17, 15) is 12.8 Å². The van der Waals surface area contributed by atoms with E-state index < -0.39 is 10.0 Å². The van der Waals surface area contributed by atoms with Crippen LogP contribution in [0.1, 0.15) is 18.9 Å². The minimum Gasteiger partial charge on any atom is -0.496 e. The van der Waals surface area contributed by atoms with Crippen LogP contribution in [0.3, 0.4) is 0 Å². The lowest BCUT2D eigenvalue weighted by atomic mass is 10.1. The van der Waals surface area contributed by atoms with Crippen LogP contribution in [0.2, 0.25) is 0 Å². The van der Waals surface area contributed by atoms with Gasteiger partial charge in [-0.05, 0) is 36.6 Å². The molecule has 1 N–H and O–H groups in total. The van der Waals surface area contributed by atoms with Gasteiger partial charge in [0.15, 0.2) is 0 Å². The predicted molar refractivity (Wildman–Crippen MR) is 68.7 cm³/mol. The molecule has 1 aromatic rings. The lowest BCUT2D eigenvalue weighted by Gasteiger charge is -2.09. The molecule has 0 heterocycles. The second-order valence-electron chi connectivity index (χ2n) is 3.92. The first-order valence-corrected chi connectivity index (χ1v) is 7.43. The van der Waals surface area contributed by atoms with Gasteiger partial charge in [0.05, 0.1) is 12.9 Å². The van der Waals surface area contributed by atoms with Crippen molar-refractivity contribution < 1.29 is 17.5 Å². The molecule has 0 fully saturated rings. The van der Waals surface area contributed by atoms with Crippen LogP contribution < -0.4 is 9.46 Å². The van der Waals surface area contributed by atoms with Crippen LogP contribution in [-0.2, 0) is 16.4 Å². The Morgan fingerprint density at radius 3 is 2.72 bits per heavy atom. The van der Waals surface area contributed by atoms with Crippen molar-refractivity contribution in [1.82, 2.24) is 4.72 Å². The number of sulfonamides is 1. The summed E-state index contributed by atoms with van der Waals surface area (Å²) in [6.07, 6.45) is 0.961. The molecule has 0 radical (unpaired) electrons. The summed E-state index contributed by atoms with van der Waals surface area (Å²) in [7, 11) is -1.72. The molecule has 18 heavy (non-hydrogen) atoms. The van der Waals surface area contributed by atoms with Gasteiger partial charge in [0.2, 0.25) is 10.0 Å². The molecule has 0 aliphatic carbocycles. The van der Waals surface area contributed by atoms with Crippen LogP contribution in [0, 0.1) is 5.82 Å². The van der Waals surface area contributed by atoms with Gasteiger partial charge in [-0.3, -0.25) is 0 Å². The van der Waals surface area contributed by atoms with Crippen LogP contribution in [-0.4, -0.2) is 27.8 Å². The fraction of sp³-hybridized carbons (Fsp3) is 0.500. The Balaban J connectivity index is 2.61. The number of hydrogen-bond acceptors (Lipinski definition) is 3. The van der Waals surface area contributed by atoms with Crippen molar-refractivity contribution in [1.29, 1.82) is 0 Å². The monoisotopic (exact) mass is 275 g/mol. The molecule has 0 aromatic heterocycles. The normalized spacial score (nSPS) is 11.5. The molecule has 1 rings (SSSR count). The van der Waals surface area contributed by atoms with Crippen molar-refractivity contribution in [3.8, 4) is 5.75 Å². The van der Waals surface area contributed by atoms with E-state index in [1.165, 1.54) is 25.3 Å². The largest absolute Gasteiger partial charge is 0.496 e. The lowest BCUT2D eigenvalue weighted by molar-refractivity contribution is 0.408. The number of benzene rings is 1. The molecule has 0 bridgehead atoms. The minimum absolute atomic E-state index is 0.104. The molecule has 0 saturated heterocycles. The zero-order valence-corrected chi connectivity index (χ0v) is 11.4. The van der Waals surface area contributed by atoms with Gasteiger partial charge >= 0.3 is 0 Å². The highest BCUT2D eigenvalue weighted by molar-refractivity contribution is 7.89. The Morgan fingerprint density at radius 1 is 1.39 bits per heavy atom. The fourth-order valence-corrected chi connectivity index (χ4v) is 2.72. The van der Waals surface area contributed by atoms with Gasteiger partial charge in [-0.1, -0.05) is 6.92 Å². The van der Waals surface area contributed by atoms with Gasteiger partial charge in [0.25, 0.3) is 0 Å². The van der Waals surface area contributed by atoms with E-state index in [1.54, 1.807) is 6.92 Å². The standard InChI is InChI=1S/C12H18FNO3S/c1-3-8-18(15,16)14-7-6-10-9-11(13)4-5-12(10)17-2/h4-5,9,14H,3,6-8H2,1-2H3. The quantitative estimate of drug-likeness (QED) is 0.824. The van der Waals surface area contributed by atoms with Crippen molar-refractivity contribution in [3.63, 3.8) is 0 Å². The number of hydrogen-bond donors (Lipinski definition) is 1. The molecule has 0 amide bonds. The molecule has 102 valence electrons. The molecular weight excluding hydrogens is 257 g/mol. The molecule has 0 spiro atoms. The zero-order valence-electron chi connectivity index (χ0n) is 10.6. The maximum Gasteiger partial charge on any atom is 0.211 e. The molecule has 0 aliphatic heterocycles. The van der Waals surface area contributed by atoms with E-state index in [2.05, 4.69) is 4.72 Å². The van der Waals surface area contributed by atoms with Crippen LogP contribution in [0.15, 0.2) is 18.2 Å². The summed E-state index contributed by atoms with van der Waals surface area (Å²) in [5.41, 5.74) is 0.650. The summed E-state index contributed by atoms with van der Waals surface area (Å²) in [5, 5.41) is 0. The molecule has 4 nitrogen and oxygen atoms in total. The van der Waals surface area contributed by atoms with Crippen molar-refractivity contribution >= 4 is 10.0 Å². The maximum absolute atomic E-state index is 13.1. The van der Waals surface area contributed by atoms with Crippen LogP contribution >= 0.6 is 0 Å². The van der Waals surface area contributed by atoms with E-state index in [1.807, 2.05) is 0 Å². The number of nitrogens with one attached hydrogen (secondary N) is 1. The van der Waals surface area contributed by atoms with E-state index in [0.717, 1.165) is 0 Å². The third kappa shape index (κ3) is 4.62. The van der Waals surface area contributed by atoms with E-state index >= 15 is 0 Å². The summed E-state index contributed by atoms with van der Waals surface area (Å²) in [6.45, 7) is 2.04. The molecular formula is C12H18FNO3S. The third-order valence-corrected chi connectivity index (χ3v) is 4.02. The molecule has 0 unspecified atom stereocenters. The SMILES string of the molecule is CCCS(=O)(=O)NCCc1cc(F)ccc1OC. The summed E-state index contributed by atoms with van der Waals surface area (Å²) in [6, 6.07) is 4.20. The number of methoxy groups -OCH3 is 1. The minimum atomic E-state index is -3.22. The predicted octanol–water partition coefficient (Wildman–Crippen LogP) is 1.71. The Kier molecular flexibility index (Phi) is 5.55. The van der Waals surface area contributed by atoms with Crippen molar-refractivity contribution in [2.45, 2.75) is 19.8 Å². The Labute approximate surface area is 107 Å². The summed E-state index contributed by atoms with van der Waals surface area (Å²) >= 11 is 0. The summed E-state index contributed by atoms with van der Waals surface area (Å²) in [5.74, 6) is 0.307. The first-order chi connectivity index (χ1) is 8.48. The van der Waals surface area contributed by atoms with Gasteiger partial charge < -0.3 is 4.74 Å². The van der Waals surface area contributed by atoms with Gasteiger partial charge in [-0.15, -0.1) is 0 Å². The number of halogens is 1. The first-order valence-electron chi connectivity index (χ1n) is 5.78. The number of ether oxygens (including phenoxy) is 1. The highest BCUT2D eigenvalue weighted by atomic mass is 32.2. The van der Waals surface area contributed by atoms with Gasteiger partial charge in [-0.2, -0.15) is 0 Å². The Hall–Kier alpha value is -1.14. The Bertz CT molecular complexity index is 488. The van der Waals surface area contributed by atoms with Crippen LogP contribution in [0.4, 0.5) is 4.39 Å². The van der Waals surface area contributed by atoms with Gasteiger partial charge in [0, 0.05) is 6.54 Å². The van der Waals surface area contributed by atoms with E-state index in [4.69, 9.17) is 4.74 Å². The van der Waals surface area contributed by atoms with Crippen molar-refractivity contribution in [2.24, 2.45) is 0 Å². The average molecular weight is 275 g/mol. The lowest BCUT2D eigenvalue weighted by Crippen LogP contribution is -2.28. The third-order valence-electron chi connectivity index (χ3n) is 2.43. The smallest absolute Gasteiger partial charge is 0.211 e. The second kappa shape index (κ2) is 6.70. The van der Waals surface area contributed by atoms with E-state index in [-0.39, 0.29) is 18.1 Å². The van der Waals surface area contributed by atoms with Crippen molar-refractivity contribution in [3.05, 3.63) is 29.6 Å². The van der Waals surface area contributed by atoms with E-state index in [0.29, 0.717) is 24.2 Å².